The second-order valence-electron chi connectivity index (χ2n) is 2.77. The van der Waals surface area contributed by atoms with E-state index in [9.17, 15) is 4.21 Å². The molecule has 1 unspecified atom stereocenters. The van der Waals surface area contributed by atoms with Crippen LogP contribution in [0.2, 0.25) is 0 Å². The van der Waals surface area contributed by atoms with Crippen LogP contribution in [-0.4, -0.2) is 19.8 Å². The molecule has 0 radical (unpaired) electrons. The van der Waals surface area contributed by atoms with Gasteiger partial charge in [-0.15, -0.1) is 11.8 Å². The monoisotopic (exact) mass is 190 g/mol. The van der Waals surface area contributed by atoms with E-state index in [2.05, 4.69) is 13.0 Å². The van der Waals surface area contributed by atoms with Gasteiger partial charge in [0.25, 0.3) is 0 Å². The summed E-state index contributed by atoms with van der Waals surface area (Å²) in [5, 5.41) is 0. The van der Waals surface area contributed by atoms with Crippen LogP contribution in [0.15, 0.2) is 12.2 Å². The van der Waals surface area contributed by atoms with Gasteiger partial charge in [-0.3, -0.25) is 4.21 Å². The molecule has 1 heterocycles. The van der Waals surface area contributed by atoms with Crippen LogP contribution in [0.25, 0.3) is 0 Å². The Morgan fingerprint density at radius 3 is 2.91 bits per heavy atom. The third kappa shape index (κ3) is 2.09. The fourth-order valence-corrected chi connectivity index (χ4v) is 4.39. The minimum atomic E-state index is -0.667. The fourth-order valence-electron chi connectivity index (χ4n) is 1.16. The van der Waals surface area contributed by atoms with E-state index in [-0.39, 0.29) is 4.08 Å². The molecule has 0 saturated carbocycles. The highest BCUT2D eigenvalue weighted by molar-refractivity contribution is 8.13. The van der Waals surface area contributed by atoms with E-state index in [0.717, 1.165) is 17.9 Å². The first-order chi connectivity index (χ1) is 5.19. The van der Waals surface area contributed by atoms with Crippen molar-refractivity contribution in [2.75, 3.05) is 11.5 Å². The number of hydrogen-bond acceptors (Lipinski definition) is 2. The molecule has 2 atom stereocenters. The molecule has 0 N–H and O–H groups in total. The SMILES string of the molecule is C/C=C/[C@]1(C)SCCCS1=O. The van der Waals surface area contributed by atoms with E-state index < -0.39 is 10.8 Å². The van der Waals surface area contributed by atoms with Crippen molar-refractivity contribution in [3.05, 3.63) is 12.2 Å². The lowest BCUT2D eigenvalue weighted by Crippen LogP contribution is -2.30. The van der Waals surface area contributed by atoms with Crippen molar-refractivity contribution in [2.45, 2.75) is 24.3 Å². The van der Waals surface area contributed by atoms with Crippen molar-refractivity contribution in [2.24, 2.45) is 0 Å². The standard InChI is InChI=1S/C8H14OS2/c1-3-5-8(2)10-6-4-7-11(8)9/h3,5H,4,6-7H2,1-2H3/b5-3+/t8-,11?/m1/s1. The maximum Gasteiger partial charge on any atom is 0.106 e. The molecule has 0 bridgehead atoms. The summed E-state index contributed by atoms with van der Waals surface area (Å²) in [7, 11) is -0.667. The Kier molecular flexibility index (Phi) is 3.19. The predicted molar refractivity (Wildman–Crippen MR) is 53.3 cm³/mol. The molecule has 1 rings (SSSR count). The van der Waals surface area contributed by atoms with Gasteiger partial charge < -0.3 is 0 Å². The van der Waals surface area contributed by atoms with Crippen LogP contribution in [0, 0.1) is 0 Å². The summed E-state index contributed by atoms with van der Waals surface area (Å²) in [5.74, 6) is 2.01. The molecule has 1 aliphatic heterocycles. The van der Waals surface area contributed by atoms with Gasteiger partial charge in [-0.2, -0.15) is 0 Å². The molecular formula is C8H14OS2. The Labute approximate surface area is 75.1 Å². The lowest BCUT2D eigenvalue weighted by molar-refractivity contribution is 0.674. The number of thioether (sulfide) groups is 1. The van der Waals surface area contributed by atoms with Crippen molar-refractivity contribution in [3.63, 3.8) is 0 Å². The summed E-state index contributed by atoms with van der Waals surface area (Å²) in [6.45, 7) is 4.05. The molecule has 64 valence electrons. The van der Waals surface area contributed by atoms with E-state index in [1.54, 1.807) is 0 Å². The quantitative estimate of drug-likeness (QED) is 0.589. The van der Waals surface area contributed by atoms with Gasteiger partial charge >= 0.3 is 0 Å². The van der Waals surface area contributed by atoms with Crippen LogP contribution in [0.5, 0.6) is 0 Å². The normalized spacial score (nSPS) is 39.6. The van der Waals surface area contributed by atoms with Crippen molar-refractivity contribution in [1.82, 2.24) is 0 Å². The highest BCUT2D eigenvalue weighted by atomic mass is 32.2. The van der Waals surface area contributed by atoms with Crippen molar-refractivity contribution < 1.29 is 4.21 Å². The van der Waals surface area contributed by atoms with Crippen LogP contribution in [-0.2, 0) is 10.8 Å². The molecule has 1 fully saturated rings. The van der Waals surface area contributed by atoms with Crippen LogP contribution in [0.1, 0.15) is 20.3 Å². The first kappa shape index (κ1) is 9.33. The molecule has 0 amide bonds. The fraction of sp³-hybridized carbons (Fsp3) is 0.750. The molecular weight excluding hydrogens is 176 g/mol. The third-order valence-electron chi connectivity index (χ3n) is 1.78. The zero-order valence-electron chi connectivity index (χ0n) is 7.00. The zero-order chi connectivity index (χ0) is 8.32. The number of allylic oxidation sites excluding steroid dienone is 1. The maximum atomic E-state index is 11.5. The van der Waals surface area contributed by atoms with Crippen LogP contribution < -0.4 is 0 Å². The highest BCUT2D eigenvalue weighted by Crippen LogP contribution is 2.35. The first-order valence-corrected chi connectivity index (χ1v) is 6.16. The minimum Gasteiger partial charge on any atom is -0.258 e. The minimum absolute atomic E-state index is 0.104. The van der Waals surface area contributed by atoms with Crippen LogP contribution in [0.3, 0.4) is 0 Å². The van der Waals surface area contributed by atoms with Gasteiger partial charge in [-0.1, -0.05) is 12.2 Å². The molecule has 1 saturated heterocycles. The smallest absolute Gasteiger partial charge is 0.106 e. The van der Waals surface area contributed by atoms with E-state index >= 15 is 0 Å². The Balaban J connectivity index is 2.72. The first-order valence-electron chi connectivity index (χ1n) is 3.85. The molecule has 0 aliphatic carbocycles. The predicted octanol–water partition coefficient (Wildman–Crippen LogP) is 2.16. The molecule has 1 nitrogen and oxygen atoms in total. The lowest BCUT2D eigenvalue weighted by Gasteiger charge is -2.28. The van der Waals surface area contributed by atoms with Gasteiger partial charge in [-0.25, -0.2) is 0 Å². The summed E-state index contributed by atoms with van der Waals surface area (Å²) >= 11 is 1.81. The van der Waals surface area contributed by atoms with Crippen LogP contribution >= 0.6 is 11.8 Å². The molecule has 0 aromatic heterocycles. The van der Waals surface area contributed by atoms with E-state index in [1.165, 1.54) is 0 Å². The number of hydrogen-bond donors (Lipinski definition) is 0. The second kappa shape index (κ2) is 3.76. The third-order valence-corrected chi connectivity index (χ3v) is 5.60. The van der Waals surface area contributed by atoms with E-state index in [4.69, 9.17) is 0 Å². The topological polar surface area (TPSA) is 17.1 Å². The van der Waals surface area contributed by atoms with Crippen molar-refractivity contribution in [1.29, 1.82) is 0 Å². The van der Waals surface area contributed by atoms with E-state index in [0.29, 0.717) is 0 Å². The van der Waals surface area contributed by atoms with Gasteiger partial charge in [0.2, 0.25) is 0 Å². The maximum absolute atomic E-state index is 11.5. The van der Waals surface area contributed by atoms with Gasteiger partial charge in [-0.05, 0) is 26.0 Å². The molecule has 0 aromatic rings. The molecule has 1 aliphatic rings. The molecule has 0 aromatic carbocycles. The second-order valence-corrected chi connectivity index (χ2v) is 6.52. The molecule has 0 spiro atoms. The summed E-state index contributed by atoms with van der Waals surface area (Å²) < 4.78 is 11.4. The zero-order valence-corrected chi connectivity index (χ0v) is 8.63. The van der Waals surface area contributed by atoms with Gasteiger partial charge in [0.1, 0.15) is 4.08 Å². The number of rotatable bonds is 1. The Hall–Kier alpha value is 0.240. The summed E-state index contributed by atoms with van der Waals surface area (Å²) in [4.78, 5) is 0. The van der Waals surface area contributed by atoms with Gasteiger partial charge in [0, 0.05) is 16.6 Å². The summed E-state index contributed by atoms with van der Waals surface area (Å²) in [5.41, 5.74) is 0. The average Bonchev–Trinajstić information content (AvgIpc) is 1.96. The highest BCUT2D eigenvalue weighted by Gasteiger charge is 2.31. The average molecular weight is 190 g/mol. The van der Waals surface area contributed by atoms with Crippen LogP contribution in [0.4, 0.5) is 0 Å². The summed E-state index contributed by atoms with van der Waals surface area (Å²) in [6.07, 6.45) is 5.16. The van der Waals surface area contributed by atoms with Crippen molar-refractivity contribution >= 4 is 22.6 Å². The Morgan fingerprint density at radius 2 is 2.36 bits per heavy atom. The Morgan fingerprint density at radius 1 is 1.64 bits per heavy atom. The van der Waals surface area contributed by atoms with Gasteiger partial charge in [0.15, 0.2) is 0 Å². The largest absolute Gasteiger partial charge is 0.258 e. The molecule has 3 heteroatoms. The molecule has 11 heavy (non-hydrogen) atoms. The van der Waals surface area contributed by atoms with Crippen molar-refractivity contribution in [3.8, 4) is 0 Å². The van der Waals surface area contributed by atoms with Gasteiger partial charge in [0.05, 0.1) is 0 Å². The Bertz CT molecular complexity index is 189. The lowest BCUT2D eigenvalue weighted by atomic mass is 10.4. The summed E-state index contributed by atoms with van der Waals surface area (Å²) in [6, 6.07) is 0. The van der Waals surface area contributed by atoms with E-state index in [1.807, 2.05) is 24.8 Å².